The molecular formula is C21H32IN5. The number of halogens is 1. The van der Waals surface area contributed by atoms with Crippen LogP contribution in [0.2, 0.25) is 0 Å². The Morgan fingerprint density at radius 3 is 2.70 bits per heavy atom. The van der Waals surface area contributed by atoms with Crippen LogP contribution in [-0.4, -0.2) is 55.7 Å². The van der Waals surface area contributed by atoms with Crippen molar-refractivity contribution in [1.29, 1.82) is 0 Å². The highest BCUT2D eigenvalue weighted by molar-refractivity contribution is 14.0. The van der Waals surface area contributed by atoms with Gasteiger partial charge in [0.05, 0.1) is 0 Å². The molecule has 1 aromatic carbocycles. The van der Waals surface area contributed by atoms with Gasteiger partial charge in [0.25, 0.3) is 0 Å². The van der Waals surface area contributed by atoms with Crippen molar-refractivity contribution >= 4 is 35.6 Å². The van der Waals surface area contributed by atoms with Gasteiger partial charge in [-0.1, -0.05) is 24.3 Å². The molecule has 0 aromatic heterocycles. The molecule has 1 aromatic rings. The second-order valence-electron chi connectivity index (χ2n) is 7.83. The number of anilines is 1. The Morgan fingerprint density at radius 2 is 2.00 bits per heavy atom. The van der Waals surface area contributed by atoms with Gasteiger partial charge in [-0.3, -0.25) is 9.89 Å². The molecule has 0 amide bonds. The molecule has 6 heteroatoms. The van der Waals surface area contributed by atoms with Crippen LogP contribution in [0.3, 0.4) is 0 Å². The summed E-state index contributed by atoms with van der Waals surface area (Å²) in [6, 6.07) is 10.8. The monoisotopic (exact) mass is 481 g/mol. The predicted molar refractivity (Wildman–Crippen MR) is 124 cm³/mol. The van der Waals surface area contributed by atoms with Gasteiger partial charge in [0, 0.05) is 57.0 Å². The van der Waals surface area contributed by atoms with Gasteiger partial charge in [0.15, 0.2) is 5.96 Å². The Bertz CT molecular complexity index is 677. The molecule has 2 heterocycles. The van der Waals surface area contributed by atoms with E-state index >= 15 is 0 Å². The number of aliphatic imine (C=N–C) groups is 1. The molecule has 0 radical (unpaired) electrons. The average Bonchev–Trinajstić information content (AvgIpc) is 3.21. The molecule has 148 valence electrons. The van der Waals surface area contributed by atoms with E-state index < -0.39 is 0 Å². The van der Waals surface area contributed by atoms with Crippen LogP contribution >= 0.6 is 24.0 Å². The zero-order valence-corrected chi connectivity index (χ0v) is 18.7. The van der Waals surface area contributed by atoms with Gasteiger partial charge >= 0.3 is 0 Å². The quantitative estimate of drug-likeness (QED) is 0.294. The third-order valence-corrected chi connectivity index (χ3v) is 5.76. The summed E-state index contributed by atoms with van der Waals surface area (Å²) in [7, 11) is 1.86. The molecule has 27 heavy (non-hydrogen) atoms. The number of hydrogen-bond acceptors (Lipinski definition) is 3. The summed E-state index contributed by atoms with van der Waals surface area (Å²) in [4.78, 5) is 9.48. The number of likely N-dealkylation sites (tertiary alicyclic amines) is 1. The van der Waals surface area contributed by atoms with Crippen LogP contribution in [-0.2, 0) is 6.54 Å². The van der Waals surface area contributed by atoms with Crippen LogP contribution < -0.4 is 15.5 Å². The largest absolute Gasteiger partial charge is 0.364 e. The van der Waals surface area contributed by atoms with E-state index in [-0.39, 0.29) is 24.0 Å². The van der Waals surface area contributed by atoms with Gasteiger partial charge in [-0.15, -0.1) is 24.0 Å². The fourth-order valence-corrected chi connectivity index (χ4v) is 4.20. The maximum Gasteiger partial charge on any atom is 0.191 e. The fourth-order valence-electron chi connectivity index (χ4n) is 4.20. The lowest BCUT2D eigenvalue weighted by atomic mass is 10.2. The first-order chi connectivity index (χ1) is 12.7. The number of rotatable bonds is 5. The Balaban J connectivity index is 0.00000210. The van der Waals surface area contributed by atoms with Crippen molar-refractivity contribution in [2.75, 3.05) is 31.6 Å². The smallest absolute Gasteiger partial charge is 0.191 e. The topological polar surface area (TPSA) is 42.9 Å². The molecule has 0 spiro atoms. The Hall–Kier alpha value is -1.28. The van der Waals surface area contributed by atoms with Gasteiger partial charge in [-0.25, -0.2) is 0 Å². The third kappa shape index (κ3) is 5.16. The van der Waals surface area contributed by atoms with Crippen LogP contribution in [0.15, 0.2) is 41.4 Å². The number of guanidine groups is 1. The van der Waals surface area contributed by atoms with E-state index in [4.69, 9.17) is 0 Å². The van der Waals surface area contributed by atoms with E-state index in [9.17, 15) is 0 Å². The van der Waals surface area contributed by atoms with Gasteiger partial charge in [0.2, 0.25) is 0 Å². The van der Waals surface area contributed by atoms with E-state index in [1.165, 1.54) is 30.5 Å². The Labute approximate surface area is 180 Å². The highest BCUT2D eigenvalue weighted by Crippen LogP contribution is 2.33. The molecule has 2 N–H and O–H groups in total. The van der Waals surface area contributed by atoms with Crippen LogP contribution in [0.4, 0.5) is 5.69 Å². The number of nitrogens with one attached hydrogen (secondary N) is 2. The average molecular weight is 481 g/mol. The number of hydrogen-bond donors (Lipinski definition) is 2. The van der Waals surface area contributed by atoms with Crippen LogP contribution in [0.5, 0.6) is 0 Å². The first-order valence-corrected chi connectivity index (χ1v) is 9.95. The molecule has 3 aliphatic rings. The molecule has 4 rings (SSSR count). The van der Waals surface area contributed by atoms with Gasteiger partial charge in [-0.2, -0.15) is 0 Å². The zero-order chi connectivity index (χ0) is 17.9. The molecular weight excluding hydrogens is 449 g/mol. The van der Waals surface area contributed by atoms with E-state index in [1.54, 1.807) is 0 Å². The Morgan fingerprint density at radius 1 is 1.22 bits per heavy atom. The minimum atomic E-state index is 0. The summed E-state index contributed by atoms with van der Waals surface area (Å²) in [6.45, 7) is 6.32. The summed E-state index contributed by atoms with van der Waals surface area (Å²) in [5, 5.41) is 7.12. The molecule has 1 saturated heterocycles. The summed E-state index contributed by atoms with van der Waals surface area (Å²) in [5.74, 6) is 0.910. The van der Waals surface area contributed by atoms with E-state index in [0.717, 1.165) is 38.2 Å². The number of benzene rings is 1. The first-order valence-electron chi connectivity index (χ1n) is 9.95. The van der Waals surface area contributed by atoms with Gasteiger partial charge < -0.3 is 15.5 Å². The zero-order valence-electron chi connectivity index (χ0n) is 16.4. The Kier molecular flexibility index (Phi) is 7.03. The third-order valence-electron chi connectivity index (χ3n) is 5.76. The molecule has 0 bridgehead atoms. The molecule has 1 aliphatic carbocycles. The lowest BCUT2D eigenvalue weighted by Crippen LogP contribution is -2.44. The normalized spacial score (nSPS) is 25.6. The second-order valence-corrected chi connectivity index (χ2v) is 7.83. The van der Waals surface area contributed by atoms with Gasteiger partial charge in [-0.05, 0) is 43.9 Å². The lowest BCUT2D eigenvalue weighted by Gasteiger charge is -2.21. The summed E-state index contributed by atoms with van der Waals surface area (Å²) >= 11 is 0. The maximum atomic E-state index is 4.43. The molecule has 5 nitrogen and oxygen atoms in total. The number of nitrogens with zero attached hydrogens (tertiary/aromatic N) is 3. The molecule has 2 aliphatic heterocycles. The minimum Gasteiger partial charge on any atom is -0.364 e. The summed E-state index contributed by atoms with van der Waals surface area (Å²) < 4.78 is 0. The van der Waals surface area contributed by atoms with Crippen molar-refractivity contribution in [1.82, 2.24) is 15.5 Å². The van der Waals surface area contributed by atoms with Crippen LogP contribution in [0.25, 0.3) is 0 Å². The van der Waals surface area contributed by atoms with Crippen molar-refractivity contribution in [3.63, 3.8) is 0 Å². The standard InChI is InChI=1S/C21H31N5.HI/c1-16-12-18(15-26(16)19-8-9-19)24-21(22-2)23-14-17-6-5-7-20(13-17)25-10-3-4-11-25;/h3-7,13,16,18-19H,8-12,14-15H2,1-2H3,(H2,22,23,24);1H. The van der Waals surface area contributed by atoms with Crippen molar-refractivity contribution < 1.29 is 0 Å². The van der Waals surface area contributed by atoms with Crippen LogP contribution in [0.1, 0.15) is 31.7 Å². The molecule has 2 atom stereocenters. The predicted octanol–water partition coefficient (Wildman–Crippen LogP) is 2.97. The fraction of sp³-hybridized carbons (Fsp3) is 0.571. The molecule has 1 saturated carbocycles. The first kappa shape index (κ1) is 20.5. The van der Waals surface area contributed by atoms with E-state index in [2.05, 4.69) is 68.8 Å². The van der Waals surface area contributed by atoms with Crippen molar-refractivity contribution in [2.45, 2.75) is 50.9 Å². The molecule has 2 fully saturated rings. The molecule has 2 unspecified atom stereocenters. The van der Waals surface area contributed by atoms with E-state index in [1.807, 2.05) is 7.05 Å². The van der Waals surface area contributed by atoms with Gasteiger partial charge in [0.1, 0.15) is 0 Å². The van der Waals surface area contributed by atoms with Crippen molar-refractivity contribution in [3.8, 4) is 0 Å². The lowest BCUT2D eigenvalue weighted by molar-refractivity contribution is 0.256. The van der Waals surface area contributed by atoms with E-state index in [0.29, 0.717) is 12.1 Å². The van der Waals surface area contributed by atoms with Crippen LogP contribution in [0, 0.1) is 0 Å². The summed E-state index contributed by atoms with van der Waals surface area (Å²) in [6.07, 6.45) is 8.42. The minimum absolute atomic E-state index is 0. The highest BCUT2D eigenvalue weighted by atomic mass is 127. The highest BCUT2D eigenvalue weighted by Gasteiger charge is 2.38. The SMILES string of the molecule is CN=C(NCc1cccc(N2CC=CC2)c1)NC1CC(C)N(C2CC2)C1.I. The summed E-state index contributed by atoms with van der Waals surface area (Å²) in [5.41, 5.74) is 2.58. The van der Waals surface area contributed by atoms with Crippen molar-refractivity contribution in [2.24, 2.45) is 4.99 Å². The van der Waals surface area contributed by atoms with Crippen molar-refractivity contribution in [3.05, 3.63) is 42.0 Å². The maximum absolute atomic E-state index is 4.43. The second kappa shape index (κ2) is 9.28.